The number of pyridine rings is 1. The molecule has 6 heteroatoms. The largest absolute Gasteiger partial charge is 0.306 e. The quantitative estimate of drug-likeness (QED) is 0.630. The molecule has 0 atom stereocenters. The number of aromatic nitrogens is 4. The van der Waals surface area contributed by atoms with Crippen molar-refractivity contribution in [1.82, 2.24) is 19.4 Å². The molecule has 0 fully saturated rings. The van der Waals surface area contributed by atoms with Crippen LogP contribution in [-0.2, 0) is 0 Å². The molecule has 84 valence electrons. The first kappa shape index (κ1) is 10.9. The number of rotatable bonds is 1. The third-order valence-electron chi connectivity index (χ3n) is 2.26. The summed E-state index contributed by atoms with van der Waals surface area (Å²) >= 11 is 6.68. The second-order valence-corrected chi connectivity index (χ2v) is 5.05. The molecule has 0 bridgehead atoms. The van der Waals surface area contributed by atoms with E-state index in [0.717, 1.165) is 20.5 Å². The maximum Gasteiger partial charge on any atom is 0.181 e. The fourth-order valence-corrected chi connectivity index (χ4v) is 2.62. The first-order chi connectivity index (χ1) is 8.22. The molecule has 0 unspecified atom stereocenters. The van der Waals surface area contributed by atoms with Crippen molar-refractivity contribution < 1.29 is 0 Å². The summed E-state index contributed by atoms with van der Waals surface area (Å²) in [6.45, 7) is 0. The molecule has 3 heterocycles. The number of halogens is 2. The Bertz CT molecular complexity index is 640. The van der Waals surface area contributed by atoms with Crippen LogP contribution in [0.25, 0.3) is 17.2 Å². The molecule has 0 aliphatic heterocycles. The van der Waals surface area contributed by atoms with Crippen LogP contribution in [0.3, 0.4) is 0 Å². The zero-order valence-electron chi connectivity index (χ0n) is 8.51. The Kier molecular flexibility index (Phi) is 2.68. The van der Waals surface area contributed by atoms with Gasteiger partial charge in [0.2, 0.25) is 0 Å². The summed E-state index contributed by atoms with van der Waals surface area (Å²) in [5, 5.41) is 0. The monoisotopic (exact) mass is 352 g/mol. The minimum atomic E-state index is 0.593. The molecule has 3 rings (SSSR count). The predicted octanol–water partition coefficient (Wildman–Crippen LogP) is 3.32. The highest BCUT2D eigenvalue weighted by Crippen LogP contribution is 2.20. The smallest absolute Gasteiger partial charge is 0.181 e. The topological polar surface area (TPSA) is 43.1 Å². The van der Waals surface area contributed by atoms with E-state index >= 15 is 0 Å². The van der Waals surface area contributed by atoms with E-state index in [2.05, 4.69) is 46.8 Å². The van der Waals surface area contributed by atoms with Gasteiger partial charge in [0.1, 0.15) is 20.5 Å². The van der Waals surface area contributed by atoms with Crippen LogP contribution in [0, 0.1) is 0 Å². The fraction of sp³-hybridized carbons (Fsp3) is 0. The highest BCUT2D eigenvalue weighted by Gasteiger charge is 2.08. The number of fused-ring (bicyclic) bond motifs is 1. The summed E-state index contributed by atoms with van der Waals surface area (Å²) in [5.41, 5.74) is 1.63. The number of hydrogen-bond acceptors (Lipinski definition) is 3. The third kappa shape index (κ3) is 2.10. The van der Waals surface area contributed by atoms with Crippen molar-refractivity contribution in [2.75, 3.05) is 0 Å². The van der Waals surface area contributed by atoms with Crippen LogP contribution in [0.2, 0.25) is 0 Å². The van der Waals surface area contributed by atoms with Crippen LogP contribution in [0.15, 0.2) is 45.9 Å². The fourth-order valence-electron chi connectivity index (χ4n) is 1.55. The maximum atomic E-state index is 4.46. The molecule has 0 saturated carbocycles. The molecule has 0 aliphatic rings. The van der Waals surface area contributed by atoms with Crippen molar-refractivity contribution >= 4 is 37.5 Å². The minimum absolute atomic E-state index is 0.593. The van der Waals surface area contributed by atoms with Gasteiger partial charge >= 0.3 is 0 Å². The van der Waals surface area contributed by atoms with Crippen LogP contribution in [0.5, 0.6) is 0 Å². The normalized spacial score (nSPS) is 10.9. The van der Waals surface area contributed by atoms with Gasteiger partial charge in [-0.3, -0.25) is 0 Å². The summed E-state index contributed by atoms with van der Waals surface area (Å²) in [5.74, 6) is 0.593. The highest BCUT2D eigenvalue weighted by molar-refractivity contribution is 9.11. The Labute approximate surface area is 114 Å². The van der Waals surface area contributed by atoms with Crippen LogP contribution in [-0.4, -0.2) is 19.4 Å². The number of nitrogens with zero attached hydrogens (tertiary/aromatic N) is 4. The molecule has 0 aliphatic carbocycles. The zero-order chi connectivity index (χ0) is 11.8. The van der Waals surface area contributed by atoms with Gasteiger partial charge in [-0.1, -0.05) is 6.07 Å². The lowest BCUT2D eigenvalue weighted by Gasteiger charge is -1.96. The Morgan fingerprint density at radius 2 is 1.76 bits per heavy atom. The highest BCUT2D eigenvalue weighted by atomic mass is 79.9. The van der Waals surface area contributed by atoms with Crippen molar-refractivity contribution in [2.24, 2.45) is 0 Å². The SMILES string of the molecule is Brc1cc(Br)nc(-c2cn3ccccc3n2)n1. The maximum absolute atomic E-state index is 4.46. The van der Waals surface area contributed by atoms with E-state index in [1.54, 1.807) is 6.07 Å². The van der Waals surface area contributed by atoms with E-state index < -0.39 is 0 Å². The Hall–Kier alpha value is -1.27. The van der Waals surface area contributed by atoms with E-state index in [1.165, 1.54) is 0 Å². The van der Waals surface area contributed by atoms with Crippen LogP contribution in [0.1, 0.15) is 0 Å². The molecular weight excluding hydrogens is 348 g/mol. The molecule has 0 amide bonds. The summed E-state index contributed by atoms with van der Waals surface area (Å²) < 4.78 is 3.39. The molecular formula is C11H6Br2N4. The van der Waals surface area contributed by atoms with Gasteiger partial charge in [0.05, 0.1) is 0 Å². The minimum Gasteiger partial charge on any atom is -0.306 e. The Balaban J connectivity index is 2.20. The zero-order valence-corrected chi connectivity index (χ0v) is 11.7. The van der Waals surface area contributed by atoms with Gasteiger partial charge in [-0.2, -0.15) is 0 Å². The summed E-state index contributed by atoms with van der Waals surface area (Å²) in [6, 6.07) is 7.63. The van der Waals surface area contributed by atoms with E-state index in [1.807, 2.05) is 35.0 Å². The average Bonchev–Trinajstić information content (AvgIpc) is 2.71. The van der Waals surface area contributed by atoms with Gasteiger partial charge in [-0.15, -0.1) is 0 Å². The third-order valence-corrected chi connectivity index (χ3v) is 3.07. The van der Waals surface area contributed by atoms with Gasteiger partial charge < -0.3 is 4.40 Å². The van der Waals surface area contributed by atoms with Gasteiger partial charge in [-0.25, -0.2) is 15.0 Å². The molecule has 0 saturated heterocycles. The summed E-state index contributed by atoms with van der Waals surface area (Å²) in [6.07, 6.45) is 3.85. The van der Waals surface area contributed by atoms with Gasteiger partial charge in [0.15, 0.2) is 5.82 Å². The van der Waals surface area contributed by atoms with Crippen LogP contribution in [0.4, 0.5) is 0 Å². The summed E-state index contributed by atoms with van der Waals surface area (Å²) in [7, 11) is 0. The Morgan fingerprint density at radius 3 is 2.47 bits per heavy atom. The Morgan fingerprint density at radius 1 is 1.00 bits per heavy atom. The van der Waals surface area contributed by atoms with Crippen LogP contribution >= 0.6 is 31.9 Å². The second kappa shape index (κ2) is 4.19. The van der Waals surface area contributed by atoms with Gasteiger partial charge in [0, 0.05) is 18.5 Å². The van der Waals surface area contributed by atoms with Gasteiger partial charge in [0.25, 0.3) is 0 Å². The molecule has 0 radical (unpaired) electrons. The van der Waals surface area contributed by atoms with Crippen molar-refractivity contribution in [3.63, 3.8) is 0 Å². The molecule has 3 aromatic heterocycles. The second-order valence-electron chi connectivity index (χ2n) is 3.43. The lowest BCUT2D eigenvalue weighted by molar-refractivity contribution is 1.11. The predicted molar refractivity (Wildman–Crippen MR) is 71.6 cm³/mol. The van der Waals surface area contributed by atoms with Crippen molar-refractivity contribution in [3.05, 3.63) is 45.9 Å². The molecule has 0 aromatic carbocycles. The lowest BCUT2D eigenvalue weighted by atomic mass is 10.4. The van der Waals surface area contributed by atoms with E-state index in [9.17, 15) is 0 Å². The molecule has 3 aromatic rings. The van der Waals surface area contributed by atoms with Crippen molar-refractivity contribution in [3.8, 4) is 11.5 Å². The molecule has 0 spiro atoms. The number of imidazole rings is 1. The first-order valence-corrected chi connectivity index (χ1v) is 6.45. The van der Waals surface area contributed by atoms with E-state index in [4.69, 9.17) is 0 Å². The molecule has 4 nitrogen and oxygen atoms in total. The molecule has 17 heavy (non-hydrogen) atoms. The van der Waals surface area contributed by atoms with Crippen LogP contribution < -0.4 is 0 Å². The average molecular weight is 354 g/mol. The van der Waals surface area contributed by atoms with E-state index in [0.29, 0.717) is 5.82 Å². The number of hydrogen-bond donors (Lipinski definition) is 0. The lowest BCUT2D eigenvalue weighted by Crippen LogP contribution is -1.90. The van der Waals surface area contributed by atoms with Crippen molar-refractivity contribution in [2.45, 2.75) is 0 Å². The van der Waals surface area contributed by atoms with Gasteiger partial charge in [-0.05, 0) is 44.0 Å². The van der Waals surface area contributed by atoms with E-state index in [-0.39, 0.29) is 0 Å². The summed E-state index contributed by atoms with van der Waals surface area (Å²) in [4.78, 5) is 13.1. The molecule has 0 N–H and O–H groups in total. The van der Waals surface area contributed by atoms with Crippen molar-refractivity contribution in [1.29, 1.82) is 0 Å². The first-order valence-electron chi connectivity index (χ1n) is 4.86. The standard InChI is InChI=1S/C11H6Br2N4/c12-8-5-9(13)16-11(15-8)7-6-17-4-2-1-3-10(17)14-7/h1-6H.